The lowest BCUT2D eigenvalue weighted by molar-refractivity contribution is 0.351. The van der Waals surface area contributed by atoms with Crippen LogP contribution in [0.2, 0.25) is 0 Å². The average molecular weight is 270 g/mol. The summed E-state index contributed by atoms with van der Waals surface area (Å²) in [7, 11) is 1.13. The molecule has 0 bridgehead atoms. The molecule has 17 heavy (non-hydrogen) atoms. The number of hydrogen-bond donors (Lipinski definition) is 1. The van der Waals surface area contributed by atoms with E-state index in [0.29, 0.717) is 12.5 Å². The van der Waals surface area contributed by atoms with Crippen molar-refractivity contribution in [3.63, 3.8) is 0 Å². The van der Waals surface area contributed by atoms with Gasteiger partial charge in [0.15, 0.2) is 17.4 Å². The standard InChI is InChI=1S/C11H14F3NO.ClH/c1-3-6(15)4-7-8(12)5-9(13)11(16-2)10(7)14;/h5-6H,3-4,15H2,1-2H3;1H. The number of methoxy groups -OCH3 is 1. The fourth-order valence-corrected chi connectivity index (χ4v) is 1.39. The lowest BCUT2D eigenvalue weighted by Gasteiger charge is -2.13. The molecule has 1 atom stereocenters. The molecule has 0 aliphatic heterocycles. The first-order chi connectivity index (χ1) is 7.51. The van der Waals surface area contributed by atoms with E-state index in [-0.39, 0.29) is 30.4 Å². The number of benzene rings is 1. The van der Waals surface area contributed by atoms with Crippen LogP contribution in [0.3, 0.4) is 0 Å². The molecular weight excluding hydrogens is 255 g/mol. The molecule has 1 unspecified atom stereocenters. The van der Waals surface area contributed by atoms with Gasteiger partial charge in [0.05, 0.1) is 7.11 Å². The Balaban J connectivity index is 0.00000256. The van der Waals surface area contributed by atoms with Crippen molar-refractivity contribution in [3.05, 3.63) is 29.1 Å². The summed E-state index contributed by atoms with van der Waals surface area (Å²) in [5.74, 6) is -3.56. The Labute approximate surface area is 104 Å². The van der Waals surface area contributed by atoms with Crippen molar-refractivity contribution in [2.75, 3.05) is 7.11 Å². The Hall–Kier alpha value is -0.940. The van der Waals surface area contributed by atoms with E-state index in [9.17, 15) is 13.2 Å². The molecule has 0 radical (unpaired) electrons. The number of nitrogens with two attached hydrogens (primary N) is 1. The van der Waals surface area contributed by atoms with Crippen molar-refractivity contribution >= 4 is 12.4 Å². The van der Waals surface area contributed by atoms with E-state index in [4.69, 9.17) is 5.73 Å². The van der Waals surface area contributed by atoms with E-state index < -0.39 is 23.2 Å². The average Bonchev–Trinajstić information content (AvgIpc) is 2.24. The third-order valence-electron chi connectivity index (χ3n) is 2.42. The summed E-state index contributed by atoms with van der Waals surface area (Å²) in [5, 5.41) is 0. The normalized spacial score (nSPS) is 11.9. The molecule has 1 rings (SSSR count). The zero-order valence-corrected chi connectivity index (χ0v) is 10.4. The van der Waals surface area contributed by atoms with Gasteiger partial charge < -0.3 is 10.5 Å². The minimum Gasteiger partial charge on any atom is -0.491 e. The van der Waals surface area contributed by atoms with Crippen LogP contribution in [0.15, 0.2) is 6.07 Å². The maximum atomic E-state index is 13.6. The van der Waals surface area contributed by atoms with Gasteiger partial charge in [0.1, 0.15) is 5.82 Å². The predicted molar refractivity (Wildman–Crippen MR) is 62.1 cm³/mol. The highest BCUT2D eigenvalue weighted by Gasteiger charge is 2.20. The van der Waals surface area contributed by atoms with Crippen molar-refractivity contribution in [1.29, 1.82) is 0 Å². The second kappa shape index (κ2) is 6.71. The van der Waals surface area contributed by atoms with Crippen molar-refractivity contribution in [2.45, 2.75) is 25.8 Å². The zero-order valence-electron chi connectivity index (χ0n) is 9.60. The zero-order chi connectivity index (χ0) is 12.3. The molecule has 0 fully saturated rings. The monoisotopic (exact) mass is 269 g/mol. The molecule has 98 valence electrons. The quantitative estimate of drug-likeness (QED) is 0.912. The van der Waals surface area contributed by atoms with Gasteiger partial charge in [0.25, 0.3) is 0 Å². The molecule has 2 nitrogen and oxygen atoms in total. The summed E-state index contributed by atoms with van der Waals surface area (Å²) in [6.45, 7) is 1.81. The maximum absolute atomic E-state index is 13.6. The largest absolute Gasteiger partial charge is 0.491 e. The van der Waals surface area contributed by atoms with E-state index in [2.05, 4.69) is 4.74 Å². The first-order valence-corrected chi connectivity index (χ1v) is 4.97. The molecule has 2 N–H and O–H groups in total. The van der Waals surface area contributed by atoms with Gasteiger partial charge in [-0.05, 0) is 12.8 Å². The van der Waals surface area contributed by atoms with Gasteiger partial charge >= 0.3 is 0 Å². The van der Waals surface area contributed by atoms with E-state index in [1.54, 1.807) is 6.92 Å². The van der Waals surface area contributed by atoms with E-state index in [0.717, 1.165) is 7.11 Å². The van der Waals surface area contributed by atoms with E-state index >= 15 is 0 Å². The molecule has 0 aromatic heterocycles. The molecule has 0 saturated heterocycles. The highest BCUT2D eigenvalue weighted by Crippen LogP contribution is 2.27. The minimum atomic E-state index is -1.05. The van der Waals surface area contributed by atoms with Crippen molar-refractivity contribution in [2.24, 2.45) is 5.73 Å². The second-order valence-electron chi connectivity index (χ2n) is 3.54. The van der Waals surface area contributed by atoms with Gasteiger partial charge in [0, 0.05) is 17.7 Å². The fraction of sp³-hybridized carbons (Fsp3) is 0.455. The third-order valence-corrected chi connectivity index (χ3v) is 2.42. The SMILES string of the molecule is CCC(N)Cc1c(F)cc(F)c(OC)c1F.Cl. The smallest absolute Gasteiger partial charge is 0.190 e. The summed E-state index contributed by atoms with van der Waals surface area (Å²) in [6.07, 6.45) is 0.601. The topological polar surface area (TPSA) is 35.2 Å². The molecule has 0 aliphatic rings. The van der Waals surface area contributed by atoms with Crippen LogP contribution < -0.4 is 10.5 Å². The molecular formula is C11H15ClF3NO. The maximum Gasteiger partial charge on any atom is 0.190 e. The van der Waals surface area contributed by atoms with Crippen LogP contribution in [0.25, 0.3) is 0 Å². The minimum absolute atomic E-state index is 0. The van der Waals surface area contributed by atoms with Crippen LogP contribution in [0.5, 0.6) is 5.75 Å². The Bertz CT molecular complexity index is 387. The highest BCUT2D eigenvalue weighted by atomic mass is 35.5. The molecule has 0 spiro atoms. The molecule has 0 heterocycles. The number of hydrogen-bond acceptors (Lipinski definition) is 2. The summed E-state index contributed by atoms with van der Waals surface area (Å²) >= 11 is 0. The number of rotatable bonds is 4. The van der Waals surface area contributed by atoms with Crippen LogP contribution in [0.1, 0.15) is 18.9 Å². The van der Waals surface area contributed by atoms with Gasteiger partial charge in [-0.2, -0.15) is 0 Å². The molecule has 0 amide bonds. The Morgan fingerprint density at radius 3 is 2.35 bits per heavy atom. The molecule has 6 heteroatoms. The summed E-state index contributed by atoms with van der Waals surface area (Å²) in [6, 6.07) is 0.249. The van der Waals surface area contributed by atoms with Crippen LogP contribution in [0, 0.1) is 17.5 Å². The number of ether oxygens (including phenoxy) is 1. The van der Waals surface area contributed by atoms with Crippen molar-refractivity contribution in [1.82, 2.24) is 0 Å². The molecule has 1 aromatic carbocycles. The summed E-state index contributed by atoms with van der Waals surface area (Å²) in [5.41, 5.74) is 5.38. The van der Waals surface area contributed by atoms with Gasteiger partial charge in [-0.15, -0.1) is 12.4 Å². The van der Waals surface area contributed by atoms with Gasteiger partial charge in [-0.3, -0.25) is 0 Å². The molecule has 0 saturated carbocycles. The first-order valence-electron chi connectivity index (χ1n) is 4.97. The summed E-state index contributed by atoms with van der Waals surface area (Å²) in [4.78, 5) is 0. The van der Waals surface area contributed by atoms with Crippen LogP contribution in [0.4, 0.5) is 13.2 Å². The molecule has 0 aliphatic carbocycles. The van der Waals surface area contributed by atoms with Crippen LogP contribution >= 0.6 is 12.4 Å². The highest BCUT2D eigenvalue weighted by molar-refractivity contribution is 5.85. The predicted octanol–water partition coefficient (Wildman–Crippen LogP) is 2.81. The first kappa shape index (κ1) is 16.1. The van der Waals surface area contributed by atoms with Gasteiger partial charge in [-0.25, -0.2) is 13.2 Å². The van der Waals surface area contributed by atoms with E-state index in [1.807, 2.05) is 0 Å². The summed E-state index contributed by atoms with van der Waals surface area (Å²) < 4.78 is 44.6. The Morgan fingerprint density at radius 2 is 1.88 bits per heavy atom. The lowest BCUT2D eigenvalue weighted by atomic mass is 10.0. The third kappa shape index (κ3) is 3.51. The fourth-order valence-electron chi connectivity index (χ4n) is 1.39. The van der Waals surface area contributed by atoms with E-state index in [1.165, 1.54) is 0 Å². The van der Waals surface area contributed by atoms with Gasteiger partial charge in [0.2, 0.25) is 0 Å². The van der Waals surface area contributed by atoms with Crippen LogP contribution in [-0.4, -0.2) is 13.2 Å². The van der Waals surface area contributed by atoms with Crippen molar-refractivity contribution in [3.8, 4) is 5.75 Å². The molecule has 1 aromatic rings. The number of halogens is 4. The van der Waals surface area contributed by atoms with Crippen molar-refractivity contribution < 1.29 is 17.9 Å². The Kier molecular flexibility index (Phi) is 6.34. The Morgan fingerprint density at radius 1 is 1.29 bits per heavy atom. The van der Waals surface area contributed by atoms with Crippen LogP contribution in [-0.2, 0) is 6.42 Å². The lowest BCUT2D eigenvalue weighted by Crippen LogP contribution is -2.23. The second-order valence-corrected chi connectivity index (χ2v) is 3.54. The van der Waals surface area contributed by atoms with Gasteiger partial charge in [-0.1, -0.05) is 6.92 Å².